The van der Waals surface area contributed by atoms with Crippen molar-refractivity contribution < 1.29 is 5.11 Å². The topological polar surface area (TPSA) is 63.3 Å². The Hall–Kier alpha value is -2.53. The molecule has 2 aromatic heterocycles. The Bertz CT molecular complexity index is 765. The second-order valence-electron chi connectivity index (χ2n) is 3.97. The molecule has 0 fully saturated rings. The third-order valence-electron chi connectivity index (χ3n) is 2.77. The van der Waals surface area contributed by atoms with Crippen LogP contribution >= 0.6 is 0 Å². The molecule has 0 saturated carbocycles. The molecule has 3 rings (SSSR count). The monoisotopic (exact) mass is 252 g/mol. The highest BCUT2D eigenvalue weighted by molar-refractivity contribution is 5.69. The molecular formula is C14H12N4O. The summed E-state index contributed by atoms with van der Waals surface area (Å²) >= 11 is 0. The number of pyridine rings is 1. The van der Waals surface area contributed by atoms with Gasteiger partial charge in [0.25, 0.3) is 0 Å². The van der Waals surface area contributed by atoms with E-state index in [9.17, 15) is 5.11 Å². The number of nitrogens with zero attached hydrogens (tertiary/aromatic N) is 4. The van der Waals surface area contributed by atoms with Crippen molar-refractivity contribution in [3.63, 3.8) is 0 Å². The van der Waals surface area contributed by atoms with Crippen molar-refractivity contribution >= 4 is 16.9 Å². The molecule has 2 heterocycles. The van der Waals surface area contributed by atoms with Crippen molar-refractivity contribution in [2.24, 2.45) is 4.99 Å². The molecule has 0 aliphatic carbocycles. The van der Waals surface area contributed by atoms with Gasteiger partial charge in [-0.3, -0.25) is 9.55 Å². The third-order valence-corrected chi connectivity index (χ3v) is 2.77. The molecule has 0 aliphatic rings. The first kappa shape index (κ1) is 11.6. The van der Waals surface area contributed by atoms with Crippen LogP contribution in [0.2, 0.25) is 0 Å². The van der Waals surface area contributed by atoms with Crippen LogP contribution in [-0.4, -0.2) is 19.6 Å². The van der Waals surface area contributed by atoms with Gasteiger partial charge in [-0.1, -0.05) is 18.2 Å². The van der Waals surface area contributed by atoms with E-state index in [4.69, 9.17) is 0 Å². The largest absolute Gasteiger partial charge is 0.376 e. The van der Waals surface area contributed by atoms with Crippen LogP contribution in [0.4, 0.5) is 5.69 Å². The summed E-state index contributed by atoms with van der Waals surface area (Å²) in [5.41, 5.74) is 2.81. The number of benzene rings is 1. The fourth-order valence-electron chi connectivity index (χ4n) is 1.89. The minimum absolute atomic E-state index is 0.193. The number of fused-ring (bicyclic) bond motifs is 1. The number of aliphatic hydroxyl groups is 1. The predicted molar refractivity (Wildman–Crippen MR) is 71.4 cm³/mol. The number of hydrogen-bond acceptors (Lipinski definition) is 4. The molecule has 5 nitrogen and oxygen atoms in total. The molecule has 0 atom stereocenters. The highest BCUT2D eigenvalue weighted by Gasteiger charge is 2.02. The highest BCUT2D eigenvalue weighted by Crippen LogP contribution is 2.09. The second kappa shape index (κ2) is 4.99. The van der Waals surface area contributed by atoms with E-state index < -0.39 is 0 Å². The van der Waals surface area contributed by atoms with Crippen molar-refractivity contribution in [2.45, 2.75) is 6.73 Å². The molecule has 0 amide bonds. The Balaban J connectivity index is 2.27. The molecule has 0 aliphatic heterocycles. The van der Waals surface area contributed by atoms with Crippen molar-refractivity contribution in [3.05, 3.63) is 60.3 Å². The maximum atomic E-state index is 9.53. The van der Waals surface area contributed by atoms with E-state index in [-0.39, 0.29) is 6.73 Å². The molecule has 1 N–H and O–H groups in total. The molecule has 0 unspecified atom stereocenters. The van der Waals surface area contributed by atoms with E-state index >= 15 is 0 Å². The summed E-state index contributed by atoms with van der Waals surface area (Å²) in [6.45, 7) is -0.193. The molecule has 0 bridgehead atoms. The van der Waals surface area contributed by atoms with Crippen molar-refractivity contribution in [2.75, 3.05) is 0 Å². The Morgan fingerprint density at radius 3 is 2.58 bits per heavy atom. The van der Waals surface area contributed by atoms with Crippen molar-refractivity contribution in [3.8, 4) is 0 Å². The lowest BCUT2D eigenvalue weighted by atomic mass is 10.3. The lowest BCUT2D eigenvalue weighted by molar-refractivity contribution is 0.209. The van der Waals surface area contributed by atoms with Crippen LogP contribution < -0.4 is 5.49 Å². The fourth-order valence-corrected chi connectivity index (χ4v) is 1.89. The number of rotatable bonds is 2. The van der Waals surface area contributed by atoms with Gasteiger partial charge in [0.15, 0.2) is 5.65 Å². The van der Waals surface area contributed by atoms with Gasteiger partial charge in [-0.25, -0.2) is 9.98 Å². The summed E-state index contributed by atoms with van der Waals surface area (Å²) in [6, 6.07) is 13.2. The van der Waals surface area contributed by atoms with Gasteiger partial charge in [0, 0.05) is 12.4 Å². The fraction of sp³-hybridized carbons (Fsp3) is 0.0714. The van der Waals surface area contributed by atoms with Gasteiger partial charge in [0.05, 0.1) is 5.69 Å². The number of aromatic nitrogens is 3. The van der Waals surface area contributed by atoms with E-state index in [1.54, 1.807) is 17.0 Å². The zero-order valence-electron chi connectivity index (χ0n) is 10.1. The van der Waals surface area contributed by atoms with E-state index in [2.05, 4.69) is 15.0 Å². The van der Waals surface area contributed by atoms with Crippen LogP contribution in [0, 0.1) is 0 Å². The SMILES string of the molecule is OCn1/c(=N/c2ccccc2)ccc2nccnc21. The Morgan fingerprint density at radius 1 is 1.00 bits per heavy atom. The van der Waals surface area contributed by atoms with Crippen LogP contribution in [0.15, 0.2) is 59.9 Å². The van der Waals surface area contributed by atoms with Crippen molar-refractivity contribution in [1.29, 1.82) is 0 Å². The third kappa shape index (κ3) is 2.23. The highest BCUT2D eigenvalue weighted by atomic mass is 16.3. The minimum Gasteiger partial charge on any atom is -0.376 e. The summed E-state index contributed by atoms with van der Waals surface area (Å²) < 4.78 is 1.62. The predicted octanol–water partition coefficient (Wildman–Crippen LogP) is 1.61. The van der Waals surface area contributed by atoms with E-state index in [0.717, 1.165) is 11.2 Å². The summed E-state index contributed by atoms with van der Waals surface area (Å²) in [4.78, 5) is 12.9. The van der Waals surface area contributed by atoms with Gasteiger partial charge in [-0.15, -0.1) is 0 Å². The standard InChI is InChI=1S/C14H12N4O/c19-10-18-13(17-11-4-2-1-3-5-11)7-6-12-14(18)16-9-8-15-12/h1-9,19H,10H2/b17-13+. The molecule has 1 aromatic carbocycles. The Morgan fingerprint density at radius 2 is 1.79 bits per heavy atom. The average molecular weight is 252 g/mol. The van der Waals surface area contributed by atoms with E-state index in [1.807, 2.05) is 42.5 Å². The van der Waals surface area contributed by atoms with Gasteiger partial charge in [0.1, 0.15) is 17.7 Å². The molecule has 0 radical (unpaired) electrons. The second-order valence-corrected chi connectivity index (χ2v) is 3.97. The van der Waals surface area contributed by atoms with Gasteiger partial charge in [-0.2, -0.15) is 0 Å². The molecule has 0 saturated heterocycles. The summed E-state index contributed by atoms with van der Waals surface area (Å²) in [7, 11) is 0. The van der Waals surface area contributed by atoms with Crippen LogP contribution in [-0.2, 0) is 6.73 Å². The van der Waals surface area contributed by atoms with Crippen molar-refractivity contribution in [1.82, 2.24) is 14.5 Å². The summed E-state index contributed by atoms with van der Waals surface area (Å²) in [5.74, 6) is 0. The first-order chi connectivity index (χ1) is 9.38. The quantitative estimate of drug-likeness (QED) is 0.753. The van der Waals surface area contributed by atoms with Crippen LogP contribution in [0.5, 0.6) is 0 Å². The number of aliphatic hydroxyl groups excluding tert-OH is 1. The van der Waals surface area contributed by atoms with Crippen LogP contribution in [0.25, 0.3) is 11.2 Å². The lowest BCUT2D eigenvalue weighted by Gasteiger charge is -2.06. The molecule has 3 aromatic rings. The zero-order chi connectivity index (χ0) is 13.1. The van der Waals surface area contributed by atoms with Gasteiger partial charge >= 0.3 is 0 Å². The number of para-hydroxylation sites is 1. The van der Waals surface area contributed by atoms with E-state index in [0.29, 0.717) is 11.1 Å². The van der Waals surface area contributed by atoms with Gasteiger partial charge < -0.3 is 5.11 Å². The Labute approximate surface area is 109 Å². The molecule has 0 spiro atoms. The molecule has 19 heavy (non-hydrogen) atoms. The summed E-state index contributed by atoms with van der Waals surface area (Å²) in [5, 5.41) is 9.53. The zero-order valence-corrected chi connectivity index (χ0v) is 10.1. The van der Waals surface area contributed by atoms with Crippen LogP contribution in [0.3, 0.4) is 0 Å². The number of hydrogen-bond donors (Lipinski definition) is 1. The van der Waals surface area contributed by atoms with Gasteiger partial charge in [0.2, 0.25) is 0 Å². The summed E-state index contributed by atoms with van der Waals surface area (Å²) in [6.07, 6.45) is 3.22. The normalized spacial score (nSPS) is 11.9. The molecule has 94 valence electrons. The maximum Gasteiger partial charge on any atom is 0.162 e. The van der Waals surface area contributed by atoms with Gasteiger partial charge in [-0.05, 0) is 24.3 Å². The maximum absolute atomic E-state index is 9.53. The lowest BCUT2D eigenvalue weighted by Crippen LogP contribution is -2.21. The Kier molecular flexibility index (Phi) is 3.04. The molecule has 5 heteroatoms. The minimum atomic E-state index is -0.193. The smallest absolute Gasteiger partial charge is 0.162 e. The average Bonchev–Trinajstić information content (AvgIpc) is 2.48. The first-order valence-electron chi connectivity index (χ1n) is 5.90. The van der Waals surface area contributed by atoms with E-state index in [1.165, 1.54) is 0 Å². The first-order valence-corrected chi connectivity index (χ1v) is 5.90. The van der Waals surface area contributed by atoms with Crippen LogP contribution in [0.1, 0.15) is 0 Å². The molecular weight excluding hydrogens is 240 g/mol.